The molecule has 0 saturated carbocycles. The highest BCUT2D eigenvalue weighted by atomic mass is 16.6. The molecule has 3 unspecified atom stereocenters. The third kappa shape index (κ3) is 21.9. The minimum Gasteiger partial charge on any atom is -0.481 e. The van der Waals surface area contributed by atoms with Crippen molar-refractivity contribution in [3.8, 4) is 0 Å². The number of hydrogen-bond acceptors (Lipinski definition) is 12. The minimum absolute atomic E-state index is 0.0396. The van der Waals surface area contributed by atoms with E-state index >= 15 is 0 Å². The standard InChI is InChI=1S/C33H54O15/c1-23(2)17-15-13-11-9-7-5-4-6-8-10-12-14-16-18-45-28(39)21-33(32(43)44,20-27(37)38)48-29(40)22-46-30(41)24(3)47-31(42)25(34)19-26(35)36/h23-25,34H,4-22H2,1-3H3,(H,35,36)(H,37,38)(H,43,44). The van der Waals surface area contributed by atoms with Crippen LogP contribution in [0.3, 0.4) is 0 Å². The Kier molecular flexibility index (Phi) is 23.3. The van der Waals surface area contributed by atoms with E-state index in [1.54, 1.807) is 0 Å². The van der Waals surface area contributed by atoms with Gasteiger partial charge in [-0.15, -0.1) is 0 Å². The predicted molar refractivity (Wildman–Crippen MR) is 169 cm³/mol. The van der Waals surface area contributed by atoms with Crippen molar-refractivity contribution in [2.45, 2.75) is 148 Å². The maximum atomic E-state index is 12.4. The predicted octanol–water partition coefficient (Wildman–Crippen LogP) is 4.19. The van der Waals surface area contributed by atoms with Crippen LogP contribution in [0.2, 0.25) is 0 Å². The van der Waals surface area contributed by atoms with Crippen LogP contribution in [0, 0.1) is 5.92 Å². The molecule has 4 N–H and O–H groups in total. The first-order valence-corrected chi connectivity index (χ1v) is 16.7. The average Bonchev–Trinajstić information content (AvgIpc) is 2.98. The number of ether oxygens (including phenoxy) is 4. The summed E-state index contributed by atoms with van der Waals surface area (Å²) in [6, 6.07) is 0. The van der Waals surface area contributed by atoms with E-state index in [4.69, 9.17) is 14.6 Å². The van der Waals surface area contributed by atoms with Gasteiger partial charge < -0.3 is 39.4 Å². The number of esters is 4. The maximum absolute atomic E-state index is 12.4. The number of carbonyl (C=O) groups is 7. The van der Waals surface area contributed by atoms with E-state index in [0.29, 0.717) is 6.42 Å². The fraction of sp³-hybridized carbons (Fsp3) is 0.788. The number of aliphatic hydroxyl groups is 1. The summed E-state index contributed by atoms with van der Waals surface area (Å²) in [5, 5.41) is 36.9. The Bertz CT molecular complexity index is 1020. The van der Waals surface area contributed by atoms with Gasteiger partial charge >= 0.3 is 41.8 Å². The molecule has 0 aliphatic heterocycles. The lowest BCUT2D eigenvalue weighted by Crippen LogP contribution is -2.48. The van der Waals surface area contributed by atoms with Crippen molar-refractivity contribution in [3.05, 3.63) is 0 Å². The second kappa shape index (κ2) is 25.3. The third-order valence-electron chi connectivity index (χ3n) is 7.35. The summed E-state index contributed by atoms with van der Waals surface area (Å²) in [7, 11) is 0. The average molecular weight is 691 g/mol. The van der Waals surface area contributed by atoms with Gasteiger partial charge in [-0.1, -0.05) is 97.3 Å². The number of carboxylic acid groups (broad SMARTS) is 3. The smallest absolute Gasteiger partial charge is 0.349 e. The Hall–Kier alpha value is -3.75. The molecule has 0 radical (unpaired) electrons. The molecule has 0 heterocycles. The van der Waals surface area contributed by atoms with Gasteiger partial charge in [0.05, 0.1) is 25.9 Å². The molecule has 0 aliphatic carbocycles. The van der Waals surface area contributed by atoms with Crippen LogP contribution in [-0.2, 0) is 52.5 Å². The van der Waals surface area contributed by atoms with E-state index < -0.39 is 85.5 Å². The van der Waals surface area contributed by atoms with Gasteiger partial charge in [0.1, 0.15) is 0 Å². The summed E-state index contributed by atoms with van der Waals surface area (Å²) >= 11 is 0. The van der Waals surface area contributed by atoms with Crippen molar-refractivity contribution < 1.29 is 72.9 Å². The lowest BCUT2D eigenvalue weighted by atomic mass is 9.95. The van der Waals surface area contributed by atoms with Crippen LogP contribution in [0.4, 0.5) is 0 Å². The summed E-state index contributed by atoms with van der Waals surface area (Å²) < 4.78 is 19.0. The highest BCUT2D eigenvalue weighted by molar-refractivity contribution is 5.91. The topological polar surface area (TPSA) is 237 Å². The summed E-state index contributed by atoms with van der Waals surface area (Å²) in [6.07, 6.45) is 8.64. The Morgan fingerprint density at radius 3 is 1.56 bits per heavy atom. The Morgan fingerprint density at radius 1 is 0.604 bits per heavy atom. The highest BCUT2D eigenvalue weighted by Crippen LogP contribution is 2.24. The van der Waals surface area contributed by atoms with Crippen molar-refractivity contribution in [1.29, 1.82) is 0 Å². The van der Waals surface area contributed by atoms with Gasteiger partial charge in [0, 0.05) is 0 Å². The molecular formula is C33H54O15. The zero-order valence-corrected chi connectivity index (χ0v) is 28.4. The number of rotatable bonds is 29. The molecule has 3 atom stereocenters. The zero-order chi connectivity index (χ0) is 36.5. The molecule has 276 valence electrons. The van der Waals surface area contributed by atoms with Crippen LogP contribution in [0.1, 0.15) is 130 Å². The summed E-state index contributed by atoms with van der Waals surface area (Å²) in [5.41, 5.74) is -2.86. The number of unbranched alkanes of at least 4 members (excludes halogenated alkanes) is 12. The van der Waals surface area contributed by atoms with Crippen LogP contribution in [0.5, 0.6) is 0 Å². The SMILES string of the molecule is CC(C)CCCCCCCCCCCCCCCOC(=O)CC(CC(=O)O)(OC(=O)COC(=O)C(C)OC(=O)C(O)CC(=O)O)C(=O)O. The lowest BCUT2D eigenvalue weighted by Gasteiger charge is -2.27. The molecular weight excluding hydrogens is 636 g/mol. The molecule has 0 saturated heterocycles. The molecule has 0 amide bonds. The molecule has 0 aliphatic rings. The van der Waals surface area contributed by atoms with Gasteiger partial charge in [0.15, 0.2) is 18.8 Å². The van der Waals surface area contributed by atoms with E-state index in [9.17, 15) is 48.9 Å². The Morgan fingerprint density at radius 2 is 1.10 bits per heavy atom. The van der Waals surface area contributed by atoms with Crippen LogP contribution in [-0.4, -0.2) is 93.2 Å². The first kappa shape index (κ1) is 44.2. The quantitative estimate of drug-likeness (QED) is 0.0489. The molecule has 0 fully saturated rings. The fourth-order valence-electron chi connectivity index (χ4n) is 4.69. The molecule has 15 heteroatoms. The van der Waals surface area contributed by atoms with Crippen molar-refractivity contribution in [2.24, 2.45) is 5.92 Å². The Labute approximate surface area is 281 Å². The number of carboxylic acids is 3. The van der Waals surface area contributed by atoms with E-state index in [1.165, 1.54) is 57.8 Å². The van der Waals surface area contributed by atoms with Gasteiger partial charge in [0.25, 0.3) is 0 Å². The second-order valence-electron chi connectivity index (χ2n) is 12.3. The molecule has 0 spiro atoms. The van der Waals surface area contributed by atoms with Crippen molar-refractivity contribution >= 4 is 41.8 Å². The number of carbonyl (C=O) groups excluding carboxylic acids is 4. The largest absolute Gasteiger partial charge is 0.481 e. The van der Waals surface area contributed by atoms with Crippen LogP contribution in [0.15, 0.2) is 0 Å². The van der Waals surface area contributed by atoms with Crippen molar-refractivity contribution in [3.63, 3.8) is 0 Å². The zero-order valence-electron chi connectivity index (χ0n) is 28.4. The second-order valence-corrected chi connectivity index (χ2v) is 12.3. The fourth-order valence-corrected chi connectivity index (χ4v) is 4.69. The monoisotopic (exact) mass is 690 g/mol. The van der Waals surface area contributed by atoms with E-state index in [-0.39, 0.29) is 6.61 Å². The van der Waals surface area contributed by atoms with Crippen LogP contribution in [0.25, 0.3) is 0 Å². The van der Waals surface area contributed by atoms with Gasteiger partial charge in [-0.25, -0.2) is 19.2 Å². The van der Waals surface area contributed by atoms with Crippen LogP contribution >= 0.6 is 0 Å². The first-order valence-electron chi connectivity index (χ1n) is 16.7. The highest BCUT2D eigenvalue weighted by Gasteiger charge is 2.47. The van der Waals surface area contributed by atoms with Crippen molar-refractivity contribution in [2.75, 3.05) is 13.2 Å². The van der Waals surface area contributed by atoms with Crippen LogP contribution < -0.4 is 0 Å². The van der Waals surface area contributed by atoms with Gasteiger partial charge in [0.2, 0.25) is 5.60 Å². The minimum atomic E-state index is -2.86. The van der Waals surface area contributed by atoms with E-state index in [1.807, 2.05) is 0 Å². The number of aliphatic carboxylic acids is 3. The normalized spacial score (nSPS) is 13.5. The van der Waals surface area contributed by atoms with Gasteiger partial charge in [-0.3, -0.25) is 14.4 Å². The molecule has 0 bridgehead atoms. The van der Waals surface area contributed by atoms with Crippen molar-refractivity contribution in [1.82, 2.24) is 0 Å². The number of hydrogen-bond donors (Lipinski definition) is 4. The first-order chi connectivity index (χ1) is 22.6. The number of aliphatic hydroxyl groups excluding tert-OH is 1. The van der Waals surface area contributed by atoms with E-state index in [0.717, 1.165) is 38.5 Å². The molecule has 48 heavy (non-hydrogen) atoms. The third-order valence-corrected chi connectivity index (χ3v) is 7.35. The molecule has 0 aromatic heterocycles. The van der Waals surface area contributed by atoms with E-state index in [2.05, 4.69) is 23.3 Å². The molecule has 0 rings (SSSR count). The van der Waals surface area contributed by atoms with Gasteiger partial charge in [-0.2, -0.15) is 0 Å². The molecule has 0 aromatic rings. The Balaban J connectivity index is 4.50. The summed E-state index contributed by atoms with van der Waals surface area (Å²) in [5.74, 6) is -9.81. The summed E-state index contributed by atoms with van der Waals surface area (Å²) in [4.78, 5) is 82.3. The maximum Gasteiger partial charge on any atom is 0.349 e. The van der Waals surface area contributed by atoms with Gasteiger partial charge in [-0.05, 0) is 19.3 Å². The molecule has 15 nitrogen and oxygen atoms in total. The lowest BCUT2D eigenvalue weighted by molar-refractivity contribution is -0.191. The summed E-state index contributed by atoms with van der Waals surface area (Å²) in [6.45, 7) is 4.21. The molecule has 0 aromatic carbocycles.